The number of anilines is 1. The van der Waals surface area contributed by atoms with Crippen LogP contribution in [0.1, 0.15) is 26.3 Å². The predicted molar refractivity (Wildman–Crippen MR) is 99.7 cm³/mol. The van der Waals surface area contributed by atoms with Crippen LogP contribution < -0.4 is 10.5 Å². The number of ketones is 1. The highest BCUT2D eigenvalue weighted by atomic mass is 16.5. The lowest BCUT2D eigenvalue weighted by atomic mass is 9.92. The summed E-state index contributed by atoms with van der Waals surface area (Å²) >= 11 is 0. The molecule has 0 radical (unpaired) electrons. The highest BCUT2D eigenvalue weighted by molar-refractivity contribution is 6.16. The Morgan fingerprint density at radius 3 is 2.12 bits per heavy atom. The first kappa shape index (κ1) is 17.2. The third kappa shape index (κ3) is 3.02. The Morgan fingerprint density at radius 2 is 1.46 bits per heavy atom. The van der Waals surface area contributed by atoms with Crippen molar-refractivity contribution in [3.8, 4) is 16.9 Å². The van der Waals surface area contributed by atoms with Crippen LogP contribution in [-0.4, -0.2) is 24.0 Å². The number of nitrogens with two attached hydrogens (primary N) is 1. The van der Waals surface area contributed by atoms with Crippen LogP contribution in [0.25, 0.3) is 11.1 Å². The number of rotatable bonds is 5. The molecule has 130 valence electrons. The third-order valence-corrected chi connectivity index (χ3v) is 4.13. The van der Waals surface area contributed by atoms with Crippen LogP contribution >= 0.6 is 0 Å². The van der Waals surface area contributed by atoms with Gasteiger partial charge in [-0.3, -0.25) is 4.79 Å². The van der Waals surface area contributed by atoms with Crippen LogP contribution in [0, 0.1) is 0 Å². The SMILES string of the molecule is COc1c(C(=O)O)ccc(C(=O)c2ccccc2-c2ccccc2)c1N. The van der Waals surface area contributed by atoms with Crippen LogP contribution in [-0.2, 0) is 0 Å². The summed E-state index contributed by atoms with van der Waals surface area (Å²) in [5.41, 5.74) is 8.35. The molecule has 0 spiro atoms. The van der Waals surface area contributed by atoms with E-state index in [9.17, 15) is 14.7 Å². The van der Waals surface area contributed by atoms with Crippen molar-refractivity contribution in [3.63, 3.8) is 0 Å². The molecular weight excluding hydrogens is 330 g/mol. The Labute approximate surface area is 150 Å². The topological polar surface area (TPSA) is 89.6 Å². The average molecular weight is 347 g/mol. The Morgan fingerprint density at radius 1 is 0.846 bits per heavy atom. The van der Waals surface area contributed by atoms with Crippen LogP contribution in [0.5, 0.6) is 5.75 Å². The molecule has 0 aliphatic heterocycles. The second-order valence-corrected chi connectivity index (χ2v) is 5.65. The maximum absolute atomic E-state index is 13.1. The lowest BCUT2D eigenvalue weighted by Gasteiger charge is -2.14. The number of aromatic carboxylic acids is 1. The minimum atomic E-state index is -1.17. The van der Waals surface area contributed by atoms with Gasteiger partial charge in [0.25, 0.3) is 0 Å². The van der Waals surface area contributed by atoms with Crippen molar-refractivity contribution in [1.29, 1.82) is 0 Å². The summed E-state index contributed by atoms with van der Waals surface area (Å²) in [6, 6.07) is 19.5. The summed E-state index contributed by atoms with van der Waals surface area (Å²) in [6.45, 7) is 0. The van der Waals surface area contributed by atoms with E-state index in [1.165, 1.54) is 19.2 Å². The van der Waals surface area contributed by atoms with E-state index in [2.05, 4.69) is 0 Å². The Bertz CT molecular complexity index is 981. The van der Waals surface area contributed by atoms with E-state index < -0.39 is 5.97 Å². The molecule has 0 fully saturated rings. The summed E-state index contributed by atoms with van der Waals surface area (Å²) in [4.78, 5) is 24.4. The maximum Gasteiger partial charge on any atom is 0.339 e. The fourth-order valence-corrected chi connectivity index (χ4v) is 2.88. The highest BCUT2D eigenvalue weighted by Gasteiger charge is 2.22. The maximum atomic E-state index is 13.1. The molecule has 5 nitrogen and oxygen atoms in total. The van der Waals surface area contributed by atoms with E-state index in [0.717, 1.165) is 11.1 Å². The smallest absolute Gasteiger partial charge is 0.339 e. The van der Waals surface area contributed by atoms with Crippen molar-refractivity contribution in [1.82, 2.24) is 0 Å². The number of nitrogen functional groups attached to an aromatic ring is 1. The van der Waals surface area contributed by atoms with E-state index in [0.29, 0.717) is 5.56 Å². The van der Waals surface area contributed by atoms with Gasteiger partial charge >= 0.3 is 5.97 Å². The molecule has 5 heteroatoms. The van der Waals surface area contributed by atoms with Crippen LogP contribution in [0.3, 0.4) is 0 Å². The number of carboxylic acid groups (broad SMARTS) is 1. The van der Waals surface area contributed by atoms with Gasteiger partial charge in [0, 0.05) is 11.1 Å². The number of methoxy groups -OCH3 is 1. The number of carbonyl (C=O) groups is 2. The van der Waals surface area contributed by atoms with Gasteiger partial charge in [0.2, 0.25) is 0 Å². The fourth-order valence-electron chi connectivity index (χ4n) is 2.88. The van der Waals surface area contributed by atoms with Crippen molar-refractivity contribution in [2.75, 3.05) is 12.8 Å². The first-order chi connectivity index (χ1) is 12.5. The van der Waals surface area contributed by atoms with E-state index >= 15 is 0 Å². The van der Waals surface area contributed by atoms with Gasteiger partial charge in [-0.2, -0.15) is 0 Å². The number of carbonyl (C=O) groups excluding carboxylic acids is 1. The predicted octanol–water partition coefficient (Wildman–Crippen LogP) is 3.87. The molecular formula is C21H17NO4. The molecule has 0 amide bonds. The normalized spacial score (nSPS) is 10.3. The lowest BCUT2D eigenvalue weighted by molar-refractivity contribution is 0.0693. The van der Waals surface area contributed by atoms with Gasteiger partial charge in [0.1, 0.15) is 5.56 Å². The molecule has 3 aromatic rings. The van der Waals surface area contributed by atoms with E-state index in [1.807, 2.05) is 42.5 Å². The lowest BCUT2D eigenvalue weighted by Crippen LogP contribution is -2.11. The minimum Gasteiger partial charge on any atom is -0.494 e. The Hall–Kier alpha value is -3.60. The zero-order valence-corrected chi connectivity index (χ0v) is 14.1. The van der Waals surface area contributed by atoms with E-state index in [-0.39, 0.29) is 28.3 Å². The summed E-state index contributed by atoms with van der Waals surface area (Å²) in [5.74, 6) is -1.48. The number of hydrogen-bond acceptors (Lipinski definition) is 4. The second-order valence-electron chi connectivity index (χ2n) is 5.65. The molecule has 3 N–H and O–H groups in total. The summed E-state index contributed by atoms with van der Waals surface area (Å²) in [7, 11) is 1.32. The van der Waals surface area contributed by atoms with Crippen LogP contribution in [0.4, 0.5) is 5.69 Å². The zero-order chi connectivity index (χ0) is 18.7. The molecule has 0 atom stereocenters. The van der Waals surface area contributed by atoms with Crippen LogP contribution in [0.2, 0.25) is 0 Å². The molecule has 0 aliphatic rings. The van der Waals surface area contributed by atoms with Crippen LogP contribution in [0.15, 0.2) is 66.7 Å². The van der Waals surface area contributed by atoms with Crippen molar-refractivity contribution in [2.45, 2.75) is 0 Å². The number of carboxylic acids is 1. The molecule has 0 aromatic heterocycles. The Kier molecular flexibility index (Phi) is 4.71. The largest absolute Gasteiger partial charge is 0.494 e. The van der Waals surface area contributed by atoms with Gasteiger partial charge in [0.15, 0.2) is 11.5 Å². The summed E-state index contributed by atoms with van der Waals surface area (Å²) in [5, 5.41) is 9.24. The first-order valence-electron chi connectivity index (χ1n) is 7.93. The van der Waals surface area contributed by atoms with Gasteiger partial charge < -0.3 is 15.6 Å². The standard InChI is InChI=1S/C21H17NO4/c1-26-20-17(21(24)25)12-11-16(18(20)22)19(23)15-10-6-5-9-14(15)13-7-3-2-4-8-13/h2-12H,22H2,1H3,(H,24,25). The zero-order valence-electron chi connectivity index (χ0n) is 14.1. The highest BCUT2D eigenvalue weighted by Crippen LogP contribution is 2.33. The van der Waals surface area contributed by atoms with E-state index in [4.69, 9.17) is 10.5 Å². The van der Waals surface area contributed by atoms with Gasteiger partial charge in [-0.25, -0.2) is 4.79 Å². The van der Waals surface area contributed by atoms with Crippen molar-refractivity contribution in [2.24, 2.45) is 0 Å². The molecule has 0 bridgehead atoms. The summed E-state index contributed by atoms with van der Waals surface area (Å²) in [6.07, 6.45) is 0. The first-order valence-corrected chi connectivity index (χ1v) is 7.93. The number of ether oxygens (including phenoxy) is 1. The van der Waals surface area contributed by atoms with Gasteiger partial charge in [-0.05, 0) is 23.3 Å². The van der Waals surface area contributed by atoms with Crippen molar-refractivity contribution in [3.05, 3.63) is 83.4 Å². The molecule has 0 saturated carbocycles. The van der Waals surface area contributed by atoms with Gasteiger partial charge in [-0.15, -0.1) is 0 Å². The monoisotopic (exact) mass is 347 g/mol. The van der Waals surface area contributed by atoms with Gasteiger partial charge in [-0.1, -0.05) is 54.6 Å². The molecule has 0 unspecified atom stereocenters. The molecule has 0 aliphatic carbocycles. The molecule has 0 heterocycles. The van der Waals surface area contributed by atoms with Gasteiger partial charge in [0.05, 0.1) is 12.8 Å². The minimum absolute atomic E-state index is 0.0134. The third-order valence-electron chi connectivity index (χ3n) is 4.13. The molecule has 3 rings (SSSR count). The molecule has 26 heavy (non-hydrogen) atoms. The van der Waals surface area contributed by atoms with Crippen molar-refractivity contribution < 1.29 is 19.4 Å². The van der Waals surface area contributed by atoms with E-state index in [1.54, 1.807) is 12.1 Å². The summed E-state index contributed by atoms with van der Waals surface area (Å²) < 4.78 is 5.12. The van der Waals surface area contributed by atoms with Crippen molar-refractivity contribution >= 4 is 17.4 Å². The fraction of sp³-hybridized carbons (Fsp3) is 0.0476. The molecule has 0 saturated heterocycles. The second kappa shape index (κ2) is 7.11. The quantitative estimate of drug-likeness (QED) is 0.540. The Balaban J connectivity index is 2.14. The molecule has 3 aromatic carbocycles. The number of benzene rings is 3. The number of hydrogen-bond donors (Lipinski definition) is 2. The average Bonchev–Trinajstić information content (AvgIpc) is 2.67.